The molecule has 0 spiro atoms. The largest absolute Gasteiger partial charge is 0.459 e. The number of rotatable bonds is 7. The van der Waals surface area contributed by atoms with Crippen LogP contribution in [0, 0.1) is 6.92 Å². The van der Waals surface area contributed by atoms with Gasteiger partial charge in [0.1, 0.15) is 11.5 Å². The third kappa shape index (κ3) is 5.99. The second-order valence-electron chi connectivity index (χ2n) is 9.06. The van der Waals surface area contributed by atoms with Gasteiger partial charge in [-0.1, -0.05) is 31.4 Å². The molecule has 181 valence electrons. The minimum atomic E-state index is -4.37. The van der Waals surface area contributed by atoms with E-state index in [0.29, 0.717) is 35.2 Å². The Hall–Kier alpha value is -2.38. The summed E-state index contributed by atoms with van der Waals surface area (Å²) < 4.78 is 45.2. The lowest BCUT2D eigenvalue weighted by Crippen LogP contribution is -2.32. The van der Waals surface area contributed by atoms with E-state index < -0.39 is 11.7 Å². The predicted octanol–water partition coefficient (Wildman–Crippen LogP) is 8.47. The quantitative estimate of drug-likeness (QED) is 0.313. The summed E-state index contributed by atoms with van der Waals surface area (Å²) in [5, 5.41) is 11.7. The first kappa shape index (κ1) is 24.7. The Morgan fingerprint density at radius 1 is 1.03 bits per heavy atom. The lowest BCUT2D eigenvalue weighted by Gasteiger charge is -2.30. The van der Waals surface area contributed by atoms with E-state index in [4.69, 9.17) is 4.42 Å². The van der Waals surface area contributed by atoms with Gasteiger partial charge in [0.2, 0.25) is 0 Å². The van der Waals surface area contributed by atoms with Crippen LogP contribution in [0.1, 0.15) is 54.6 Å². The van der Waals surface area contributed by atoms with Gasteiger partial charge in [0, 0.05) is 27.8 Å². The molecular formula is C27H29F3NO2S. The maximum absolute atomic E-state index is 13.0. The summed E-state index contributed by atoms with van der Waals surface area (Å²) >= 11 is 1.62. The standard InChI is InChI=1S/C27H29F3NO2S/c1-18-14-23(12-13-24(18)32)34-17-20-15-25(19-8-10-21(11-9-19)27(28,29)30)33-26(20)16-31(2)22-6-4-3-5-7-22/h8-15,22H,3-7,16-17H2,1-2H3. The Balaban J connectivity index is 1.57. The molecule has 1 fully saturated rings. The number of halogens is 3. The third-order valence-electron chi connectivity index (χ3n) is 6.53. The molecule has 3 nitrogen and oxygen atoms in total. The molecule has 1 aliphatic carbocycles. The number of alkyl halides is 3. The molecule has 1 saturated carbocycles. The number of aryl methyl sites for hydroxylation is 1. The van der Waals surface area contributed by atoms with Gasteiger partial charge in [-0.2, -0.15) is 13.2 Å². The summed E-state index contributed by atoms with van der Waals surface area (Å²) in [5.74, 6) is 2.08. The monoisotopic (exact) mass is 488 g/mol. The number of furan rings is 1. The van der Waals surface area contributed by atoms with E-state index in [2.05, 4.69) is 11.9 Å². The first-order valence-electron chi connectivity index (χ1n) is 11.6. The maximum atomic E-state index is 13.0. The summed E-state index contributed by atoms with van der Waals surface area (Å²) in [6.45, 7) is 2.46. The van der Waals surface area contributed by atoms with Gasteiger partial charge in [-0.15, -0.1) is 11.8 Å². The highest BCUT2D eigenvalue weighted by molar-refractivity contribution is 7.98. The molecule has 1 heterocycles. The molecule has 0 unspecified atom stereocenters. The van der Waals surface area contributed by atoms with Gasteiger partial charge in [0.05, 0.1) is 12.1 Å². The molecular weight excluding hydrogens is 459 g/mol. The van der Waals surface area contributed by atoms with Gasteiger partial charge in [-0.25, -0.2) is 0 Å². The average molecular weight is 489 g/mol. The zero-order chi connectivity index (χ0) is 24.3. The smallest absolute Gasteiger partial charge is 0.416 e. The van der Waals surface area contributed by atoms with Crippen LogP contribution in [0.5, 0.6) is 5.75 Å². The zero-order valence-electron chi connectivity index (χ0n) is 19.5. The number of thioether (sulfide) groups is 1. The molecule has 1 aromatic heterocycles. The fourth-order valence-electron chi connectivity index (χ4n) is 4.44. The third-order valence-corrected chi connectivity index (χ3v) is 7.57. The van der Waals surface area contributed by atoms with Crippen LogP contribution in [-0.4, -0.2) is 18.0 Å². The molecule has 0 aliphatic heterocycles. The average Bonchev–Trinajstić information content (AvgIpc) is 3.22. The van der Waals surface area contributed by atoms with Crippen LogP contribution < -0.4 is 0 Å². The first-order valence-corrected chi connectivity index (χ1v) is 12.6. The van der Waals surface area contributed by atoms with Gasteiger partial charge in [-0.05, 0) is 68.8 Å². The Kier molecular flexibility index (Phi) is 7.63. The first-order chi connectivity index (χ1) is 16.2. The van der Waals surface area contributed by atoms with Gasteiger partial charge in [0.25, 0.3) is 0 Å². The molecule has 0 amide bonds. The molecule has 3 aromatic rings. The van der Waals surface area contributed by atoms with Crippen LogP contribution in [0.3, 0.4) is 0 Å². The molecule has 34 heavy (non-hydrogen) atoms. The van der Waals surface area contributed by atoms with E-state index >= 15 is 0 Å². The van der Waals surface area contributed by atoms with Crippen LogP contribution in [-0.2, 0) is 23.6 Å². The number of hydrogen-bond acceptors (Lipinski definition) is 3. The van der Waals surface area contributed by atoms with Crippen molar-refractivity contribution >= 4 is 11.8 Å². The van der Waals surface area contributed by atoms with Crippen molar-refractivity contribution in [2.75, 3.05) is 7.05 Å². The molecule has 0 bridgehead atoms. The SMILES string of the molecule is Cc1cc(SCc2cc(-c3ccc(C(F)(F)F)cc3)oc2CN(C)C2CCCCC2)ccc1[O]. The summed E-state index contributed by atoms with van der Waals surface area (Å²) in [5.41, 5.74) is 1.68. The van der Waals surface area contributed by atoms with E-state index in [-0.39, 0.29) is 5.75 Å². The molecule has 4 rings (SSSR count). The Morgan fingerprint density at radius 3 is 2.38 bits per heavy atom. The van der Waals surface area contributed by atoms with E-state index in [1.807, 2.05) is 18.2 Å². The van der Waals surface area contributed by atoms with Crippen molar-refractivity contribution < 1.29 is 22.7 Å². The Labute approximate surface area is 203 Å². The molecule has 1 aliphatic rings. The fraction of sp³-hybridized carbons (Fsp3) is 0.407. The van der Waals surface area contributed by atoms with Gasteiger partial charge in [0.15, 0.2) is 5.75 Å². The molecule has 1 radical (unpaired) electrons. The molecule has 0 atom stereocenters. The van der Waals surface area contributed by atoms with E-state index in [1.165, 1.54) is 44.2 Å². The second-order valence-corrected chi connectivity index (χ2v) is 10.1. The molecule has 0 saturated heterocycles. The predicted molar refractivity (Wildman–Crippen MR) is 128 cm³/mol. The van der Waals surface area contributed by atoms with Gasteiger partial charge < -0.3 is 4.42 Å². The number of benzene rings is 2. The minimum Gasteiger partial charge on any atom is -0.459 e. The highest BCUT2D eigenvalue weighted by Crippen LogP contribution is 2.35. The highest BCUT2D eigenvalue weighted by atomic mass is 32.2. The normalized spacial score (nSPS) is 15.2. The van der Waals surface area contributed by atoms with Crippen molar-refractivity contribution in [1.29, 1.82) is 0 Å². The fourth-order valence-corrected chi connectivity index (χ4v) is 5.43. The van der Waals surface area contributed by atoms with E-state index in [1.54, 1.807) is 24.8 Å². The van der Waals surface area contributed by atoms with E-state index in [9.17, 15) is 18.3 Å². The Morgan fingerprint density at radius 2 is 1.74 bits per heavy atom. The van der Waals surface area contributed by atoms with Crippen molar-refractivity contribution in [3.05, 3.63) is 71.0 Å². The van der Waals surface area contributed by atoms with Crippen molar-refractivity contribution in [3.63, 3.8) is 0 Å². The summed E-state index contributed by atoms with van der Waals surface area (Å²) in [4.78, 5) is 3.33. The van der Waals surface area contributed by atoms with Gasteiger partial charge >= 0.3 is 6.18 Å². The lowest BCUT2D eigenvalue weighted by atomic mass is 9.94. The van der Waals surface area contributed by atoms with Gasteiger partial charge in [-0.3, -0.25) is 10.0 Å². The highest BCUT2D eigenvalue weighted by Gasteiger charge is 2.30. The zero-order valence-corrected chi connectivity index (χ0v) is 20.3. The van der Waals surface area contributed by atoms with E-state index in [0.717, 1.165) is 28.4 Å². The van der Waals surface area contributed by atoms with Crippen molar-refractivity contribution in [2.45, 2.75) is 68.4 Å². The van der Waals surface area contributed by atoms with Crippen LogP contribution in [0.4, 0.5) is 13.2 Å². The molecule has 0 N–H and O–H groups in total. The van der Waals surface area contributed by atoms with Crippen LogP contribution in [0.25, 0.3) is 11.3 Å². The van der Waals surface area contributed by atoms with Crippen LogP contribution >= 0.6 is 11.8 Å². The topological polar surface area (TPSA) is 36.3 Å². The minimum absolute atomic E-state index is 0.0204. The second kappa shape index (κ2) is 10.5. The summed E-state index contributed by atoms with van der Waals surface area (Å²) in [6, 6.07) is 12.9. The maximum Gasteiger partial charge on any atom is 0.416 e. The van der Waals surface area contributed by atoms with Crippen molar-refractivity contribution in [1.82, 2.24) is 4.90 Å². The lowest BCUT2D eigenvalue weighted by molar-refractivity contribution is -0.137. The Bertz CT molecular complexity index is 1100. The number of hydrogen-bond donors (Lipinski definition) is 0. The summed E-state index contributed by atoms with van der Waals surface area (Å²) in [6.07, 6.45) is 1.74. The summed E-state index contributed by atoms with van der Waals surface area (Å²) in [7, 11) is 2.11. The van der Waals surface area contributed by atoms with Crippen molar-refractivity contribution in [3.8, 4) is 17.1 Å². The molecule has 2 aromatic carbocycles. The van der Waals surface area contributed by atoms with Crippen molar-refractivity contribution in [2.24, 2.45) is 0 Å². The molecule has 7 heteroatoms. The van der Waals surface area contributed by atoms with Crippen LogP contribution in [0.2, 0.25) is 0 Å². The van der Waals surface area contributed by atoms with Crippen LogP contribution in [0.15, 0.2) is 57.8 Å². The number of nitrogens with zero attached hydrogens (tertiary/aromatic N) is 1.